The number of hydrogen-bond donors (Lipinski definition) is 1. The van der Waals surface area contributed by atoms with Gasteiger partial charge in [0.15, 0.2) is 12.3 Å². The molecule has 168 valence electrons. The third-order valence-electron chi connectivity index (χ3n) is 4.67. The summed E-state index contributed by atoms with van der Waals surface area (Å²) < 4.78 is 21.2. The van der Waals surface area contributed by atoms with Crippen LogP contribution in [0.5, 0.6) is 0 Å². The van der Waals surface area contributed by atoms with Gasteiger partial charge in [0, 0.05) is 10.9 Å². The van der Waals surface area contributed by atoms with Crippen molar-refractivity contribution in [1.82, 2.24) is 4.98 Å². The highest BCUT2D eigenvalue weighted by atomic mass is 16.5. The second-order valence-corrected chi connectivity index (χ2v) is 6.94. The van der Waals surface area contributed by atoms with Crippen molar-refractivity contribution in [2.24, 2.45) is 0 Å². The standard InChI is InChI=1S/C24H20N2O7/c1-3-30-24(29)21-20(16-11-7-8-12-17(16)33-21)25-18(27)13-31-23(28)19-14(2)32-22(26-19)15-9-5-4-6-10-15/h4-12H,3,13H2,1-2H3,(H,25,27). The van der Waals surface area contributed by atoms with Crippen LogP contribution in [-0.4, -0.2) is 36.0 Å². The van der Waals surface area contributed by atoms with Crippen LogP contribution in [0.25, 0.3) is 22.4 Å². The number of para-hydroxylation sites is 1. The van der Waals surface area contributed by atoms with Crippen molar-refractivity contribution in [1.29, 1.82) is 0 Å². The number of carbonyl (C=O) groups is 3. The Hall–Kier alpha value is -4.40. The molecule has 0 spiro atoms. The molecule has 2 aromatic heterocycles. The molecule has 0 aliphatic carbocycles. The second kappa shape index (κ2) is 9.39. The zero-order valence-corrected chi connectivity index (χ0v) is 17.9. The Labute approximate surface area is 188 Å². The Morgan fingerprint density at radius 2 is 1.67 bits per heavy atom. The molecule has 0 radical (unpaired) electrons. The van der Waals surface area contributed by atoms with Crippen LogP contribution in [0.15, 0.2) is 63.4 Å². The Bertz CT molecular complexity index is 1320. The third-order valence-corrected chi connectivity index (χ3v) is 4.67. The van der Waals surface area contributed by atoms with Crippen molar-refractivity contribution >= 4 is 34.5 Å². The van der Waals surface area contributed by atoms with Gasteiger partial charge in [0.1, 0.15) is 17.0 Å². The van der Waals surface area contributed by atoms with Crippen molar-refractivity contribution in [3.63, 3.8) is 0 Å². The number of ether oxygens (including phenoxy) is 2. The topological polar surface area (TPSA) is 121 Å². The number of hydrogen-bond acceptors (Lipinski definition) is 8. The first-order valence-electron chi connectivity index (χ1n) is 10.2. The van der Waals surface area contributed by atoms with Gasteiger partial charge < -0.3 is 23.6 Å². The SMILES string of the molecule is CCOC(=O)c1oc2ccccc2c1NC(=O)COC(=O)c1nc(-c2ccccc2)oc1C. The fraction of sp³-hybridized carbons (Fsp3) is 0.167. The Kier molecular flexibility index (Phi) is 6.21. The maximum Gasteiger partial charge on any atom is 0.376 e. The molecule has 1 N–H and O–H groups in total. The zero-order valence-electron chi connectivity index (χ0n) is 17.9. The summed E-state index contributed by atoms with van der Waals surface area (Å²) in [6, 6.07) is 15.9. The molecule has 0 atom stereocenters. The number of nitrogens with zero attached hydrogens (tertiary/aromatic N) is 1. The summed E-state index contributed by atoms with van der Waals surface area (Å²) in [5.41, 5.74) is 1.23. The predicted molar refractivity (Wildman–Crippen MR) is 118 cm³/mol. The van der Waals surface area contributed by atoms with E-state index in [1.165, 1.54) is 0 Å². The van der Waals surface area contributed by atoms with Gasteiger partial charge in [-0.3, -0.25) is 4.79 Å². The van der Waals surface area contributed by atoms with Crippen molar-refractivity contribution in [3.05, 3.63) is 71.8 Å². The first kappa shape index (κ1) is 21.8. The van der Waals surface area contributed by atoms with E-state index in [0.29, 0.717) is 16.5 Å². The Morgan fingerprint density at radius 3 is 2.42 bits per heavy atom. The van der Waals surface area contributed by atoms with Gasteiger partial charge in [-0.25, -0.2) is 14.6 Å². The number of esters is 2. The van der Waals surface area contributed by atoms with E-state index in [4.69, 9.17) is 18.3 Å². The van der Waals surface area contributed by atoms with Gasteiger partial charge >= 0.3 is 11.9 Å². The van der Waals surface area contributed by atoms with Gasteiger partial charge in [-0.1, -0.05) is 30.3 Å². The van der Waals surface area contributed by atoms with Crippen LogP contribution < -0.4 is 5.32 Å². The summed E-state index contributed by atoms with van der Waals surface area (Å²) in [5, 5.41) is 3.08. The molecular weight excluding hydrogens is 428 g/mol. The largest absolute Gasteiger partial charge is 0.460 e. The monoisotopic (exact) mass is 448 g/mol. The van der Waals surface area contributed by atoms with Crippen molar-refractivity contribution in [2.75, 3.05) is 18.5 Å². The van der Waals surface area contributed by atoms with Gasteiger partial charge in [-0.05, 0) is 38.1 Å². The van der Waals surface area contributed by atoms with E-state index in [-0.39, 0.29) is 35.4 Å². The van der Waals surface area contributed by atoms with E-state index in [0.717, 1.165) is 0 Å². The molecule has 0 aliphatic rings. The number of nitrogens with one attached hydrogen (secondary N) is 1. The Morgan fingerprint density at radius 1 is 0.939 bits per heavy atom. The molecule has 9 nitrogen and oxygen atoms in total. The van der Waals surface area contributed by atoms with Crippen LogP contribution in [0.1, 0.15) is 33.7 Å². The molecule has 4 rings (SSSR count). The number of benzene rings is 2. The lowest BCUT2D eigenvalue weighted by atomic mass is 10.2. The molecule has 0 saturated heterocycles. The molecule has 2 aromatic carbocycles. The average molecular weight is 448 g/mol. The fourth-order valence-corrected chi connectivity index (χ4v) is 3.17. The van der Waals surface area contributed by atoms with Crippen LogP contribution in [0.3, 0.4) is 0 Å². The van der Waals surface area contributed by atoms with E-state index in [1.807, 2.05) is 18.2 Å². The summed E-state index contributed by atoms with van der Waals surface area (Å²) in [5.74, 6) is -1.79. The molecule has 9 heteroatoms. The van der Waals surface area contributed by atoms with Crippen LogP contribution in [0.2, 0.25) is 0 Å². The Balaban J connectivity index is 1.47. The van der Waals surface area contributed by atoms with Crippen molar-refractivity contribution < 1.29 is 32.7 Å². The van der Waals surface area contributed by atoms with Gasteiger partial charge in [0.25, 0.3) is 5.91 Å². The highest BCUT2D eigenvalue weighted by Crippen LogP contribution is 2.31. The molecule has 2 heterocycles. The normalized spacial score (nSPS) is 10.7. The lowest BCUT2D eigenvalue weighted by Gasteiger charge is -2.06. The quantitative estimate of drug-likeness (QED) is 0.414. The highest BCUT2D eigenvalue weighted by molar-refractivity contribution is 6.10. The maximum atomic E-state index is 12.5. The molecule has 0 fully saturated rings. The first-order chi connectivity index (χ1) is 16.0. The molecule has 0 bridgehead atoms. The number of anilines is 1. The lowest BCUT2D eigenvalue weighted by molar-refractivity contribution is -0.119. The highest BCUT2D eigenvalue weighted by Gasteiger charge is 2.25. The third kappa shape index (κ3) is 4.62. The van der Waals surface area contributed by atoms with E-state index in [1.54, 1.807) is 50.2 Å². The number of fused-ring (bicyclic) bond motifs is 1. The van der Waals surface area contributed by atoms with E-state index in [9.17, 15) is 14.4 Å². The number of aromatic nitrogens is 1. The van der Waals surface area contributed by atoms with Gasteiger partial charge in [-0.2, -0.15) is 0 Å². The number of furan rings is 1. The number of aryl methyl sites for hydroxylation is 1. The number of oxazole rings is 1. The van der Waals surface area contributed by atoms with Crippen LogP contribution in [0, 0.1) is 6.92 Å². The second-order valence-electron chi connectivity index (χ2n) is 6.94. The van der Waals surface area contributed by atoms with Crippen molar-refractivity contribution in [3.8, 4) is 11.5 Å². The molecule has 4 aromatic rings. The van der Waals surface area contributed by atoms with E-state index in [2.05, 4.69) is 10.3 Å². The van der Waals surface area contributed by atoms with Gasteiger partial charge in [0.05, 0.1) is 6.61 Å². The summed E-state index contributed by atoms with van der Waals surface area (Å²) in [6.45, 7) is 2.78. The van der Waals surface area contributed by atoms with Crippen LogP contribution >= 0.6 is 0 Å². The zero-order chi connectivity index (χ0) is 23.4. The van der Waals surface area contributed by atoms with E-state index < -0.39 is 24.5 Å². The smallest absolute Gasteiger partial charge is 0.376 e. The van der Waals surface area contributed by atoms with Gasteiger partial charge in [0.2, 0.25) is 11.7 Å². The minimum Gasteiger partial charge on any atom is -0.460 e. The maximum absolute atomic E-state index is 12.5. The number of amides is 1. The van der Waals surface area contributed by atoms with Crippen LogP contribution in [0.4, 0.5) is 5.69 Å². The summed E-state index contributed by atoms with van der Waals surface area (Å²) in [6.07, 6.45) is 0. The molecule has 0 aliphatic heterocycles. The summed E-state index contributed by atoms with van der Waals surface area (Å²) in [7, 11) is 0. The number of rotatable bonds is 7. The fourth-order valence-electron chi connectivity index (χ4n) is 3.17. The van der Waals surface area contributed by atoms with Gasteiger partial charge in [-0.15, -0.1) is 0 Å². The first-order valence-corrected chi connectivity index (χ1v) is 10.2. The summed E-state index contributed by atoms with van der Waals surface area (Å²) in [4.78, 5) is 41.4. The molecule has 33 heavy (non-hydrogen) atoms. The molecule has 1 amide bonds. The minimum absolute atomic E-state index is 0.0253. The lowest BCUT2D eigenvalue weighted by Crippen LogP contribution is -2.22. The van der Waals surface area contributed by atoms with E-state index >= 15 is 0 Å². The molecule has 0 saturated carbocycles. The predicted octanol–water partition coefficient (Wildman–Crippen LogP) is 4.37. The average Bonchev–Trinajstić information content (AvgIpc) is 3.39. The van der Waals surface area contributed by atoms with Crippen LogP contribution in [-0.2, 0) is 14.3 Å². The summed E-state index contributed by atoms with van der Waals surface area (Å²) >= 11 is 0. The van der Waals surface area contributed by atoms with Crippen molar-refractivity contribution in [2.45, 2.75) is 13.8 Å². The molecular formula is C24H20N2O7. The minimum atomic E-state index is -0.809. The molecule has 0 unspecified atom stereocenters. The number of carbonyl (C=O) groups excluding carboxylic acids is 3.